The summed E-state index contributed by atoms with van der Waals surface area (Å²) in [5.41, 5.74) is 3.09. The monoisotopic (exact) mass is 348 g/mol. The smallest absolute Gasteiger partial charge is 0.279 e. The standard InChI is InChI=1S/C16H16N2O5S/c1-11-6-8-12(9-7-11)24(20,21)18-17-16(19)15-10-22-13-4-2-3-5-14(13)23-15/h2-9,15,18H,10H2,1H3,(H,17,19)/t15-/m1/s1. The van der Waals surface area contributed by atoms with E-state index in [2.05, 4.69) is 10.3 Å². The highest BCUT2D eigenvalue weighted by molar-refractivity contribution is 7.89. The lowest BCUT2D eigenvalue weighted by Crippen LogP contribution is -2.50. The normalized spacial score (nSPS) is 16.5. The van der Waals surface area contributed by atoms with Crippen LogP contribution in [0.1, 0.15) is 5.56 Å². The summed E-state index contributed by atoms with van der Waals surface area (Å²) < 4.78 is 35.2. The van der Waals surface area contributed by atoms with Crippen LogP contribution in [-0.4, -0.2) is 27.0 Å². The Hall–Kier alpha value is -2.58. The van der Waals surface area contributed by atoms with Gasteiger partial charge in [-0.25, -0.2) is 8.42 Å². The molecule has 0 spiro atoms. The fourth-order valence-electron chi connectivity index (χ4n) is 2.12. The third-order valence-electron chi connectivity index (χ3n) is 3.44. The van der Waals surface area contributed by atoms with E-state index in [0.29, 0.717) is 11.5 Å². The topological polar surface area (TPSA) is 93.7 Å². The van der Waals surface area contributed by atoms with Crippen LogP contribution in [0.3, 0.4) is 0 Å². The Balaban J connectivity index is 1.63. The van der Waals surface area contributed by atoms with Gasteiger partial charge in [0.05, 0.1) is 4.90 Å². The van der Waals surface area contributed by atoms with E-state index >= 15 is 0 Å². The Morgan fingerprint density at radius 1 is 1.08 bits per heavy atom. The molecule has 24 heavy (non-hydrogen) atoms. The summed E-state index contributed by atoms with van der Waals surface area (Å²) in [6.07, 6.45) is -0.944. The molecule has 2 aromatic rings. The first-order valence-corrected chi connectivity index (χ1v) is 8.71. The van der Waals surface area contributed by atoms with E-state index in [1.165, 1.54) is 12.1 Å². The van der Waals surface area contributed by atoms with Gasteiger partial charge in [-0.2, -0.15) is 0 Å². The molecule has 0 saturated heterocycles. The average molecular weight is 348 g/mol. The maximum Gasteiger partial charge on any atom is 0.279 e. The minimum absolute atomic E-state index is 0.00486. The van der Waals surface area contributed by atoms with Crippen LogP contribution in [0.15, 0.2) is 53.4 Å². The molecule has 0 saturated carbocycles. The zero-order valence-electron chi connectivity index (χ0n) is 12.9. The molecule has 0 aromatic heterocycles. The van der Waals surface area contributed by atoms with Gasteiger partial charge in [-0.3, -0.25) is 10.2 Å². The van der Waals surface area contributed by atoms with Crippen molar-refractivity contribution in [3.8, 4) is 11.5 Å². The molecule has 2 N–H and O–H groups in total. The molecule has 3 rings (SSSR count). The minimum atomic E-state index is -3.85. The molecule has 2 aromatic carbocycles. The molecule has 0 bridgehead atoms. The number of rotatable bonds is 4. The largest absolute Gasteiger partial charge is 0.485 e. The van der Waals surface area contributed by atoms with Crippen molar-refractivity contribution in [1.29, 1.82) is 0 Å². The van der Waals surface area contributed by atoms with Crippen LogP contribution in [-0.2, 0) is 14.8 Å². The van der Waals surface area contributed by atoms with Gasteiger partial charge in [0.15, 0.2) is 11.5 Å². The van der Waals surface area contributed by atoms with Gasteiger partial charge in [0.1, 0.15) is 6.61 Å². The molecule has 0 fully saturated rings. The van der Waals surface area contributed by atoms with Crippen molar-refractivity contribution in [1.82, 2.24) is 10.3 Å². The summed E-state index contributed by atoms with van der Waals surface area (Å²) in [6.45, 7) is 1.85. The third kappa shape index (κ3) is 3.50. The number of amides is 1. The molecule has 8 heteroatoms. The van der Waals surface area contributed by atoms with E-state index in [0.717, 1.165) is 5.56 Å². The number of fused-ring (bicyclic) bond motifs is 1. The molecule has 1 heterocycles. The Morgan fingerprint density at radius 3 is 2.46 bits per heavy atom. The molecule has 7 nitrogen and oxygen atoms in total. The Bertz CT molecular complexity index is 849. The van der Waals surface area contributed by atoms with Crippen LogP contribution in [0.5, 0.6) is 11.5 Å². The second-order valence-electron chi connectivity index (χ2n) is 5.27. The van der Waals surface area contributed by atoms with E-state index in [1.54, 1.807) is 36.4 Å². The number of nitrogens with one attached hydrogen (secondary N) is 2. The molecular formula is C16H16N2O5S. The lowest BCUT2D eigenvalue weighted by molar-refractivity contribution is -0.130. The summed E-state index contributed by atoms with van der Waals surface area (Å²) in [4.78, 5) is 14.2. The van der Waals surface area contributed by atoms with E-state index < -0.39 is 22.0 Å². The van der Waals surface area contributed by atoms with E-state index in [1.807, 2.05) is 6.92 Å². The average Bonchev–Trinajstić information content (AvgIpc) is 2.59. The highest BCUT2D eigenvalue weighted by atomic mass is 32.2. The fraction of sp³-hybridized carbons (Fsp3) is 0.188. The predicted molar refractivity (Wildman–Crippen MR) is 86.0 cm³/mol. The number of para-hydroxylation sites is 2. The zero-order valence-corrected chi connectivity index (χ0v) is 13.7. The number of carbonyl (C=O) groups excluding carboxylic acids is 1. The molecule has 0 aliphatic carbocycles. The van der Waals surface area contributed by atoms with Crippen LogP contribution in [0.2, 0.25) is 0 Å². The van der Waals surface area contributed by atoms with Gasteiger partial charge < -0.3 is 9.47 Å². The molecule has 0 radical (unpaired) electrons. The second-order valence-corrected chi connectivity index (χ2v) is 6.95. The van der Waals surface area contributed by atoms with Crippen molar-refractivity contribution < 1.29 is 22.7 Å². The molecule has 1 amide bonds. The van der Waals surface area contributed by atoms with Crippen LogP contribution < -0.4 is 19.7 Å². The second kappa shape index (κ2) is 6.50. The highest BCUT2D eigenvalue weighted by Crippen LogP contribution is 2.30. The van der Waals surface area contributed by atoms with Gasteiger partial charge in [-0.05, 0) is 31.2 Å². The maximum absolute atomic E-state index is 12.1. The first-order valence-electron chi connectivity index (χ1n) is 7.22. The number of aryl methyl sites for hydroxylation is 1. The van der Waals surface area contributed by atoms with Gasteiger partial charge >= 0.3 is 0 Å². The number of benzene rings is 2. The highest BCUT2D eigenvalue weighted by Gasteiger charge is 2.28. The quantitative estimate of drug-likeness (QED) is 0.809. The van der Waals surface area contributed by atoms with Gasteiger partial charge in [-0.1, -0.05) is 29.8 Å². The van der Waals surface area contributed by atoms with Crippen molar-refractivity contribution in [2.45, 2.75) is 17.9 Å². The van der Waals surface area contributed by atoms with Crippen LogP contribution in [0, 0.1) is 6.92 Å². The maximum atomic E-state index is 12.1. The first-order chi connectivity index (χ1) is 11.5. The van der Waals surface area contributed by atoms with E-state index in [4.69, 9.17) is 9.47 Å². The molecule has 1 aliphatic heterocycles. The molecule has 0 unspecified atom stereocenters. The molecule has 1 aliphatic rings. The van der Waals surface area contributed by atoms with E-state index in [-0.39, 0.29) is 11.5 Å². The Labute approximate surface area is 139 Å². The number of sulfonamides is 1. The van der Waals surface area contributed by atoms with Gasteiger partial charge in [0.2, 0.25) is 6.10 Å². The fourth-order valence-corrected chi connectivity index (χ4v) is 2.97. The SMILES string of the molecule is Cc1ccc(S(=O)(=O)NNC(=O)[C@H]2COc3ccccc3O2)cc1. The molecule has 1 atom stereocenters. The van der Waals surface area contributed by atoms with Crippen molar-refractivity contribution in [2.24, 2.45) is 0 Å². The van der Waals surface area contributed by atoms with Crippen LogP contribution >= 0.6 is 0 Å². The number of carbonyl (C=O) groups is 1. The van der Waals surface area contributed by atoms with Crippen molar-refractivity contribution in [3.05, 3.63) is 54.1 Å². The van der Waals surface area contributed by atoms with Gasteiger partial charge in [-0.15, -0.1) is 4.83 Å². The number of hydrogen-bond donors (Lipinski definition) is 2. The zero-order chi connectivity index (χ0) is 17.2. The lowest BCUT2D eigenvalue weighted by atomic mass is 10.2. The Morgan fingerprint density at radius 2 is 1.75 bits per heavy atom. The van der Waals surface area contributed by atoms with Crippen molar-refractivity contribution in [3.63, 3.8) is 0 Å². The summed E-state index contributed by atoms with van der Waals surface area (Å²) in [5.74, 6) is 0.340. The third-order valence-corrected chi connectivity index (χ3v) is 4.70. The summed E-state index contributed by atoms with van der Waals surface area (Å²) in [7, 11) is -3.85. The van der Waals surface area contributed by atoms with Gasteiger partial charge in [0.25, 0.3) is 15.9 Å². The lowest BCUT2D eigenvalue weighted by Gasteiger charge is -2.25. The predicted octanol–water partition coefficient (Wildman–Crippen LogP) is 1.14. The summed E-state index contributed by atoms with van der Waals surface area (Å²) in [5, 5.41) is 0. The number of ether oxygens (including phenoxy) is 2. The van der Waals surface area contributed by atoms with Gasteiger partial charge in [0, 0.05) is 0 Å². The number of hydrogen-bond acceptors (Lipinski definition) is 5. The minimum Gasteiger partial charge on any atom is -0.485 e. The molecular weight excluding hydrogens is 332 g/mol. The summed E-state index contributed by atoms with van der Waals surface area (Å²) >= 11 is 0. The Kier molecular flexibility index (Phi) is 4.41. The van der Waals surface area contributed by atoms with Crippen molar-refractivity contribution >= 4 is 15.9 Å². The van der Waals surface area contributed by atoms with Crippen molar-refractivity contribution in [2.75, 3.05) is 6.61 Å². The molecule has 126 valence electrons. The van der Waals surface area contributed by atoms with Crippen LogP contribution in [0.25, 0.3) is 0 Å². The number of hydrazine groups is 1. The van der Waals surface area contributed by atoms with E-state index in [9.17, 15) is 13.2 Å². The first kappa shape index (κ1) is 16.3. The summed E-state index contributed by atoms with van der Waals surface area (Å²) in [6, 6.07) is 13.2. The van der Waals surface area contributed by atoms with Crippen LogP contribution in [0.4, 0.5) is 0 Å².